The van der Waals surface area contributed by atoms with Crippen LogP contribution in [0.5, 0.6) is 0 Å². The number of thiophene rings is 1. The fraction of sp³-hybridized carbons (Fsp3) is 0.276. The lowest BCUT2D eigenvalue weighted by atomic mass is 9.95. The minimum Gasteiger partial charge on any atom is -0.334 e. The molecule has 4 nitrogen and oxygen atoms in total. The van der Waals surface area contributed by atoms with Crippen molar-refractivity contribution in [2.75, 3.05) is 0 Å². The van der Waals surface area contributed by atoms with E-state index in [4.69, 9.17) is 0 Å². The highest BCUT2D eigenvalue weighted by atomic mass is 32.1. The number of benzene rings is 2. The SMILES string of the molecule is Cc1ccc(CNC(=O)N2Cc3c(sc4c3CCCC4)-n3cccc3[C@@H]2c2ccccc2)cc1. The van der Waals surface area contributed by atoms with Crippen molar-refractivity contribution in [2.24, 2.45) is 0 Å². The second-order valence-electron chi connectivity index (χ2n) is 9.38. The van der Waals surface area contributed by atoms with Crippen molar-refractivity contribution in [2.45, 2.75) is 51.7 Å². The molecule has 34 heavy (non-hydrogen) atoms. The first-order valence-electron chi connectivity index (χ1n) is 12.1. The molecule has 2 aromatic carbocycles. The molecule has 1 aliphatic heterocycles. The highest BCUT2D eigenvalue weighted by Gasteiger charge is 2.35. The molecule has 1 aliphatic carbocycles. The van der Waals surface area contributed by atoms with E-state index < -0.39 is 0 Å². The van der Waals surface area contributed by atoms with E-state index in [1.165, 1.54) is 39.4 Å². The van der Waals surface area contributed by atoms with E-state index in [2.05, 4.69) is 83.7 Å². The van der Waals surface area contributed by atoms with Crippen LogP contribution < -0.4 is 5.32 Å². The third-order valence-corrected chi connectivity index (χ3v) is 8.45. The van der Waals surface area contributed by atoms with Gasteiger partial charge in [-0.05, 0) is 61.4 Å². The average molecular weight is 468 g/mol. The van der Waals surface area contributed by atoms with Crippen molar-refractivity contribution in [3.05, 3.63) is 111 Å². The number of nitrogens with one attached hydrogen (secondary N) is 1. The van der Waals surface area contributed by atoms with Gasteiger partial charge in [-0.3, -0.25) is 0 Å². The standard InChI is InChI=1S/C29H29N3OS/c1-20-13-15-21(16-14-20)18-30-29(33)32-19-24-23-10-5-6-12-26(23)34-28(24)31-17-7-11-25(31)27(32)22-8-3-2-4-9-22/h2-4,7-9,11,13-17,27H,5-6,10,12,18-19H2,1H3,(H,30,33)/t27-/m0/s1. The van der Waals surface area contributed by atoms with Crippen molar-refractivity contribution < 1.29 is 4.79 Å². The Morgan fingerprint density at radius 1 is 0.971 bits per heavy atom. The smallest absolute Gasteiger partial charge is 0.318 e. The second-order valence-corrected chi connectivity index (χ2v) is 10.5. The number of aromatic nitrogens is 1. The topological polar surface area (TPSA) is 37.3 Å². The minimum absolute atomic E-state index is 0.0224. The summed E-state index contributed by atoms with van der Waals surface area (Å²) in [4.78, 5) is 17.4. The van der Waals surface area contributed by atoms with Crippen LogP contribution in [0.4, 0.5) is 4.79 Å². The summed E-state index contributed by atoms with van der Waals surface area (Å²) in [6.07, 6.45) is 6.94. The fourth-order valence-electron chi connectivity index (χ4n) is 5.36. The number of rotatable bonds is 3. The molecule has 0 saturated carbocycles. The van der Waals surface area contributed by atoms with Crippen LogP contribution in [-0.2, 0) is 25.9 Å². The van der Waals surface area contributed by atoms with E-state index in [-0.39, 0.29) is 12.1 Å². The molecule has 6 rings (SSSR count). The maximum Gasteiger partial charge on any atom is 0.318 e. The molecule has 1 atom stereocenters. The summed E-state index contributed by atoms with van der Waals surface area (Å²) in [6, 6.07) is 22.9. The Labute approximate surface area is 204 Å². The van der Waals surface area contributed by atoms with Crippen molar-refractivity contribution in [1.82, 2.24) is 14.8 Å². The Morgan fingerprint density at radius 3 is 2.59 bits per heavy atom. The molecule has 2 aromatic heterocycles. The molecule has 0 fully saturated rings. The second kappa shape index (κ2) is 8.80. The zero-order valence-corrected chi connectivity index (χ0v) is 20.3. The molecular formula is C29H29N3OS. The molecule has 0 spiro atoms. The number of hydrogen-bond acceptors (Lipinski definition) is 2. The van der Waals surface area contributed by atoms with Gasteiger partial charge in [0, 0.05) is 23.2 Å². The zero-order chi connectivity index (χ0) is 23.1. The molecule has 5 heteroatoms. The van der Waals surface area contributed by atoms with Gasteiger partial charge in [0.15, 0.2) is 0 Å². The summed E-state index contributed by atoms with van der Waals surface area (Å²) in [5.41, 5.74) is 7.44. The van der Waals surface area contributed by atoms with Gasteiger partial charge in [-0.15, -0.1) is 11.3 Å². The van der Waals surface area contributed by atoms with E-state index in [1.54, 1.807) is 0 Å². The van der Waals surface area contributed by atoms with Crippen LogP contribution in [0.25, 0.3) is 5.00 Å². The number of urea groups is 1. The normalized spacial score (nSPS) is 16.9. The number of aryl methyl sites for hydroxylation is 2. The van der Waals surface area contributed by atoms with Gasteiger partial charge in [-0.25, -0.2) is 4.79 Å². The molecule has 0 bridgehead atoms. The van der Waals surface area contributed by atoms with E-state index >= 15 is 0 Å². The maximum atomic E-state index is 13.8. The van der Waals surface area contributed by atoms with Gasteiger partial charge in [0.05, 0.1) is 18.3 Å². The van der Waals surface area contributed by atoms with Crippen molar-refractivity contribution >= 4 is 17.4 Å². The van der Waals surface area contributed by atoms with Crippen LogP contribution in [0.3, 0.4) is 0 Å². The molecule has 1 N–H and O–H groups in total. The molecule has 0 unspecified atom stereocenters. The zero-order valence-electron chi connectivity index (χ0n) is 19.5. The monoisotopic (exact) mass is 467 g/mol. The van der Waals surface area contributed by atoms with Gasteiger partial charge < -0.3 is 14.8 Å². The third-order valence-electron chi connectivity index (χ3n) is 7.12. The summed E-state index contributed by atoms with van der Waals surface area (Å²) >= 11 is 1.93. The van der Waals surface area contributed by atoms with E-state index in [9.17, 15) is 4.79 Å². The van der Waals surface area contributed by atoms with Crippen LogP contribution >= 0.6 is 11.3 Å². The highest BCUT2D eigenvalue weighted by molar-refractivity contribution is 7.15. The third kappa shape index (κ3) is 3.74. The Kier molecular flexibility index (Phi) is 5.50. The van der Waals surface area contributed by atoms with Gasteiger partial charge >= 0.3 is 6.03 Å². The van der Waals surface area contributed by atoms with Gasteiger partial charge in [0.25, 0.3) is 0 Å². The molecule has 0 radical (unpaired) electrons. The number of hydrogen-bond donors (Lipinski definition) is 1. The van der Waals surface area contributed by atoms with Crippen molar-refractivity contribution in [3.63, 3.8) is 0 Å². The van der Waals surface area contributed by atoms with E-state index in [0.29, 0.717) is 13.1 Å². The predicted octanol–water partition coefficient (Wildman–Crippen LogP) is 6.54. The van der Waals surface area contributed by atoms with Gasteiger partial charge in [0.2, 0.25) is 0 Å². The highest BCUT2D eigenvalue weighted by Crippen LogP contribution is 2.43. The first-order valence-corrected chi connectivity index (χ1v) is 13.0. The summed E-state index contributed by atoms with van der Waals surface area (Å²) in [5, 5.41) is 4.52. The maximum absolute atomic E-state index is 13.8. The van der Waals surface area contributed by atoms with Crippen LogP contribution in [-0.4, -0.2) is 15.5 Å². The van der Waals surface area contributed by atoms with Crippen LogP contribution in [0.2, 0.25) is 0 Å². The lowest BCUT2D eigenvalue weighted by Crippen LogP contribution is -2.41. The molecular weight excluding hydrogens is 438 g/mol. The summed E-state index contributed by atoms with van der Waals surface area (Å²) in [6.45, 7) is 3.23. The Morgan fingerprint density at radius 2 is 1.76 bits per heavy atom. The summed E-state index contributed by atoms with van der Waals surface area (Å²) < 4.78 is 2.34. The van der Waals surface area contributed by atoms with Gasteiger partial charge in [0.1, 0.15) is 5.00 Å². The lowest BCUT2D eigenvalue weighted by molar-refractivity contribution is 0.180. The number of nitrogens with zero attached hydrogens (tertiary/aromatic N) is 2. The Bertz CT molecular complexity index is 1320. The molecule has 4 aromatic rings. The largest absolute Gasteiger partial charge is 0.334 e. The Hall–Kier alpha value is -3.31. The van der Waals surface area contributed by atoms with Crippen LogP contribution in [0.1, 0.15) is 57.3 Å². The molecule has 172 valence electrons. The number of fused-ring (bicyclic) bond motifs is 5. The minimum atomic E-state index is -0.145. The fourth-order valence-corrected chi connectivity index (χ4v) is 6.76. The number of carbonyl (C=O) groups is 1. The van der Waals surface area contributed by atoms with Gasteiger partial charge in [-0.1, -0.05) is 60.2 Å². The number of carbonyl (C=O) groups excluding carboxylic acids is 1. The Balaban J connectivity index is 1.42. The molecule has 0 saturated heterocycles. The van der Waals surface area contributed by atoms with Crippen LogP contribution in [0.15, 0.2) is 72.9 Å². The molecule has 3 heterocycles. The van der Waals surface area contributed by atoms with E-state index in [1.807, 2.05) is 22.3 Å². The summed E-state index contributed by atoms with van der Waals surface area (Å²) in [5.74, 6) is 0. The van der Waals surface area contributed by atoms with Crippen molar-refractivity contribution in [1.29, 1.82) is 0 Å². The first-order chi connectivity index (χ1) is 16.7. The van der Waals surface area contributed by atoms with Crippen LogP contribution in [0, 0.1) is 6.92 Å². The van der Waals surface area contributed by atoms with E-state index in [0.717, 1.165) is 29.7 Å². The number of amides is 2. The quantitative estimate of drug-likeness (QED) is 0.365. The average Bonchev–Trinajstić information content (AvgIpc) is 3.46. The summed E-state index contributed by atoms with van der Waals surface area (Å²) in [7, 11) is 0. The predicted molar refractivity (Wildman–Crippen MR) is 138 cm³/mol. The van der Waals surface area contributed by atoms with Crippen molar-refractivity contribution in [3.8, 4) is 5.00 Å². The molecule has 2 amide bonds. The van der Waals surface area contributed by atoms with Gasteiger partial charge in [-0.2, -0.15) is 0 Å². The molecule has 2 aliphatic rings. The first kappa shape index (κ1) is 21.2. The lowest BCUT2D eigenvalue weighted by Gasteiger charge is -2.31.